The summed E-state index contributed by atoms with van der Waals surface area (Å²) in [6.07, 6.45) is -10.0. The van der Waals surface area contributed by atoms with Crippen LogP contribution in [-0.2, 0) is 15.8 Å². The molecule has 3 amide bonds. The van der Waals surface area contributed by atoms with Gasteiger partial charge in [0.25, 0.3) is 5.91 Å². The summed E-state index contributed by atoms with van der Waals surface area (Å²) >= 11 is 18.4. The Kier molecular flexibility index (Phi) is 9.55. The molecule has 18 heteroatoms. The molecule has 3 atom stereocenters. The summed E-state index contributed by atoms with van der Waals surface area (Å²) in [7, 11) is 0. The lowest BCUT2D eigenvalue weighted by Gasteiger charge is -2.17. The number of halogens is 12. The number of alkyl halides is 8. The van der Waals surface area contributed by atoms with Crippen LogP contribution >= 0.6 is 34.8 Å². The van der Waals surface area contributed by atoms with Gasteiger partial charge < -0.3 is 16.0 Å². The molecule has 0 aromatic heterocycles. The van der Waals surface area contributed by atoms with Crippen LogP contribution < -0.4 is 16.0 Å². The first-order valence-corrected chi connectivity index (χ1v) is 13.8. The zero-order valence-electron chi connectivity index (χ0n) is 22.6. The zero-order chi connectivity index (χ0) is 34.5. The van der Waals surface area contributed by atoms with Crippen LogP contribution in [0.5, 0.6) is 0 Å². The molecule has 3 aromatic carbocycles. The zero-order valence-corrected chi connectivity index (χ0v) is 24.9. The molecule has 46 heavy (non-hydrogen) atoms. The first kappa shape index (κ1) is 35.2. The largest absolute Gasteiger partial charge is 0.419 e. The number of nitrogens with one attached hydrogen (secondary N) is 3. The molecule has 4 rings (SSSR count). The Balaban J connectivity index is 1.52. The van der Waals surface area contributed by atoms with E-state index in [0.29, 0.717) is 25.1 Å². The number of carbonyl (C=O) groups excluding carboxylic acids is 3. The quantitative estimate of drug-likeness (QED) is 0.169. The molecule has 1 saturated carbocycles. The second-order valence-electron chi connectivity index (χ2n) is 10.0. The van der Waals surface area contributed by atoms with E-state index >= 15 is 0 Å². The minimum Gasteiger partial charge on any atom is -0.326 e. The van der Waals surface area contributed by atoms with Gasteiger partial charge in [0.1, 0.15) is 27.6 Å². The van der Waals surface area contributed by atoms with E-state index < -0.39 is 92.1 Å². The van der Waals surface area contributed by atoms with E-state index in [2.05, 4.69) is 5.32 Å². The first-order chi connectivity index (χ1) is 21.1. The van der Waals surface area contributed by atoms with Crippen molar-refractivity contribution >= 4 is 69.6 Å². The van der Waals surface area contributed by atoms with Gasteiger partial charge in [-0.25, -0.2) is 13.2 Å². The Morgan fingerprint density at radius 1 is 0.848 bits per heavy atom. The summed E-state index contributed by atoms with van der Waals surface area (Å²) in [5, 5.41) is 5.66. The number of benzene rings is 3. The van der Waals surface area contributed by atoms with Gasteiger partial charge >= 0.3 is 12.4 Å². The molecule has 1 unspecified atom stereocenters. The fourth-order valence-corrected chi connectivity index (χ4v) is 5.38. The van der Waals surface area contributed by atoms with Gasteiger partial charge in [0.05, 0.1) is 27.8 Å². The van der Waals surface area contributed by atoms with Crippen LogP contribution in [-0.4, -0.2) is 28.2 Å². The minimum absolute atomic E-state index is 0.113. The smallest absolute Gasteiger partial charge is 0.326 e. The maximum atomic E-state index is 15.0. The number of rotatable bonds is 7. The summed E-state index contributed by atoms with van der Waals surface area (Å²) in [4.78, 5) is 37.8. The summed E-state index contributed by atoms with van der Waals surface area (Å²) in [6, 6.07) is 6.68. The lowest BCUT2D eigenvalue weighted by atomic mass is 10.0. The van der Waals surface area contributed by atoms with Crippen LogP contribution in [0.1, 0.15) is 34.3 Å². The van der Waals surface area contributed by atoms with Gasteiger partial charge in [-0.05, 0) is 55.0 Å². The number of hydrogen-bond acceptors (Lipinski definition) is 3. The molecule has 0 radical (unpaired) electrons. The predicted octanol–water partition coefficient (Wildman–Crippen LogP) is 8.69. The van der Waals surface area contributed by atoms with Gasteiger partial charge in [0.15, 0.2) is 5.82 Å². The Labute approximate surface area is 268 Å². The highest BCUT2D eigenvalue weighted by molar-refractivity contribution is 6.53. The van der Waals surface area contributed by atoms with Crippen LogP contribution in [0.2, 0.25) is 5.02 Å². The third-order valence-electron chi connectivity index (χ3n) is 6.94. The predicted molar refractivity (Wildman–Crippen MR) is 150 cm³/mol. The summed E-state index contributed by atoms with van der Waals surface area (Å²) in [5.74, 6) is -13.5. The number of anilines is 3. The molecule has 0 saturated heterocycles. The van der Waals surface area contributed by atoms with E-state index in [-0.39, 0.29) is 16.3 Å². The van der Waals surface area contributed by atoms with Crippen LogP contribution in [0.15, 0.2) is 48.5 Å². The second-order valence-corrected chi connectivity index (χ2v) is 11.9. The topological polar surface area (TPSA) is 87.3 Å². The number of carbonyl (C=O) groups is 3. The van der Waals surface area contributed by atoms with E-state index in [1.165, 1.54) is 11.4 Å². The fraction of sp³-hybridized carbons (Fsp3) is 0.250. The normalized spacial score (nSPS) is 18.0. The van der Waals surface area contributed by atoms with Gasteiger partial charge in [0.2, 0.25) is 11.8 Å². The molecule has 1 aliphatic rings. The van der Waals surface area contributed by atoms with Crippen molar-refractivity contribution in [1.29, 1.82) is 0 Å². The third kappa shape index (κ3) is 7.15. The van der Waals surface area contributed by atoms with Crippen molar-refractivity contribution in [3.05, 3.63) is 87.7 Å². The van der Waals surface area contributed by atoms with Crippen molar-refractivity contribution in [2.75, 3.05) is 16.0 Å². The summed E-state index contributed by atoms with van der Waals surface area (Å²) in [5.41, 5.74) is -4.30. The van der Waals surface area contributed by atoms with Gasteiger partial charge in [0, 0.05) is 11.6 Å². The molecule has 0 bridgehead atoms. The van der Waals surface area contributed by atoms with Crippen molar-refractivity contribution in [1.82, 2.24) is 0 Å². The van der Waals surface area contributed by atoms with E-state index in [4.69, 9.17) is 34.8 Å². The van der Waals surface area contributed by atoms with Crippen molar-refractivity contribution in [2.24, 2.45) is 11.8 Å². The molecule has 3 N–H and O–H groups in total. The van der Waals surface area contributed by atoms with E-state index in [1.807, 2.05) is 5.32 Å². The second kappa shape index (κ2) is 12.5. The lowest BCUT2D eigenvalue weighted by Crippen LogP contribution is -2.33. The summed E-state index contributed by atoms with van der Waals surface area (Å²) < 4.78 is 119. The molecular formula is C28H17Cl3F9N3O3. The molecule has 0 heterocycles. The molecule has 6 nitrogen and oxygen atoms in total. The van der Waals surface area contributed by atoms with Crippen molar-refractivity contribution in [3.8, 4) is 0 Å². The van der Waals surface area contributed by atoms with Gasteiger partial charge in [-0.15, -0.1) is 23.2 Å². The highest BCUT2D eigenvalue weighted by Gasteiger charge is 2.67. The average Bonchev–Trinajstić information content (AvgIpc) is 3.53. The minimum atomic E-state index is -5.04. The van der Waals surface area contributed by atoms with Crippen molar-refractivity contribution in [3.63, 3.8) is 0 Å². The van der Waals surface area contributed by atoms with Crippen LogP contribution in [0.3, 0.4) is 0 Å². The molecule has 246 valence electrons. The molecule has 1 fully saturated rings. The van der Waals surface area contributed by atoms with Gasteiger partial charge in [-0.2, -0.15) is 26.3 Å². The SMILES string of the molecule is CC(C(=O)Nc1c(F)ccc(NC(=O)c2cc(NC(=O)[C@H]3[C@H](c4ccc(F)c(C(F)(F)F)c4)C3(Cl)Cl)ccc2Cl)c1F)C(F)(F)F. The number of hydrogen-bond donors (Lipinski definition) is 3. The fourth-order valence-electron chi connectivity index (χ4n) is 4.35. The third-order valence-corrected chi connectivity index (χ3v) is 8.21. The molecule has 3 aromatic rings. The van der Waals surface area contributed by atoms with Crippen LogP contribution in [0, 0.1) is 29.3 Å². The Hall–Kier alpha value is -3.69. The van der Waals surface area contributed by atoms with Gasteiger partial charge in [-0.3, -0.25) is 14.4 Å². The van der Waals surface area contributed by atoms with Crippen LogP contribution in [0.4, 0.5) is 56.6 Å². The molecule has 1 aliphatic carbocycles. The maximum absolute atomic E-state index is 15.0. The summed E-state index contributed by atoms with van der Waals surface area (Å²) in [6.45, 7) is 0.473. The molecule has 0 spiro atoms. The Morgan fingerprint density at radius 3 is 2.09 bits per heavy atom. The van der Waals surface area contributed by atoms with E-state index in [1.54, 1.807) is 0 Å². The highest BCUT2D eigenvalue weighted by atomic mass is 35.5. The number of amides is 3. The molecule has 0 aliphatic heterocycles. The van der Waals surface area contributed by atoms with Crippen molar-refractivity contribution < 1.29 is 53.9 Å². The van der Waals surface area contributed by atoms with E-state index in [0.717, 1.165) is 24.3 Å². The van der Waals surface area contributed by atoms with Crippen LogP contribution in [0.25, 0.3) is 0 Å². The maximum Gasteiger partial charge on any atom is 0.419 e. The Morgan fingerprint density at radius 2 is 1.48 bits per heavy atom. The molecular weight excluding hydrogens is 704 g/mol. The highest BCUT2D eigenvalue weighted by Crippen LogP contribution is 2.65. The standard InChI is InChI=1S/C28H17Cl3F9N3O3/c1-10(27(35,36)37)23(44)43-22-17(33)6-7-18(21(22)34)42-24(45)13-9-12(3-4-15(13)29)41-25(46)20-19(26(20,30)31)11-2-5-16(32)14(8-11)28(38,39)40/h2-10,19-20H,1H3,(H,41,46)(H,42,45)(H,43,44)/t10?,19-,20+/m0/s1. The average molecular weight is 721 g/mol. The first-order valence-electron chi connectivity index (χ1n) is 12.7. The van der Waals surface area contributed by atoms with E-state index in [9.17, 15) is 53.9 Å². The monoisotopic (exact) mass is 719 g/mol. The Bertz CT molecular complexity index is 1730. The van der Waals surface area contributed by atoms with Crippen molar-refractivity contribution in [2.45, 2.75) is 29.5 Å². The van der Waals surface area contributed by atoms with Gasteiger partial charge in [-0.1, -0.05) is 17.7 Å². The lowest BCUT2D eigenvalue weighted by molar-refractivity contribution is -0.175.